The standard InChI is InChI=1S/C18H16N2O5/c1-11-12(17(22)24-2)6-5-7-13(11)19-16(21)10-20-14-8-3-4-9-15(14)25-18(20)23/h3-9H,10H2,1-2H3,(H,19,21). The molecule has 7 nitrogen and oxygen atoms in total. The van der Waals surface area contributed by atoms with Crippen molar-refractivity contribution < 1.29 is 18.7 Å². The summed E-state index contributed by atoms with van der Waals surface area (Å²) in [5.74, 6) is -1.49. The fourth-order valence-electron chi connectivity index (χ4n) is 2.60. The molecule has 0 fully saturated rings. The summed E-state index contributed by atoms with van der Waals surface area (Å²) in [6, 6.07) is 11.8. The van der Waals surface area contributed by atoms with Gasteiger partial charge < -0.3 is 14.5 Å². The molecule has 0 radical (unpaired) electrons. The van der Waals surface area contributed by atoms with Gasteiger partial charge in [-0.3, -0.25) is 9.36 Å². The molecule has 0 bridgehead atoms. The Kier molecular flexibility index (Phi) is 4.38. The maximum absolute atomic E-state index is 12.3. The van der Waals surface area contributed by atoms with Crippen molar-refractivity contribution in [3.8, 4) is 0 Å². The lowest BCUT2D eigenvalue weighted by Crippen LogP contribution is -2.25. The number of carbonyl (C=O) groups excluding carboxylic acids is 2. The molecule has 7 heteroatoms. The third kappa shape index (κ3) is 3.16. The van der Waals surface area contributed by atoms with E-state index in [-0.39, 0.29) is 6.54 Å². The zero-order chi connectivity index (χ0) is 18.0. The molecule has 0 saturated heterocycles. The van der Waals surface area contributed by atoms with Crippen molar-refractivity contribution in [3.05, 3.63) is 64.1 Å². The molecule has 25 heavy (non-hydrogen) atoms. The van der Waals surface area contributed by atoms with Gasteiger partial charge in [0, 0.05) is 5.69 Å². The van der Waals surface area contributed by atoms with Crippen LogP contribution in [0.2, 0.25) is 0 Å². The van der Waals surface area contributed by atoms with Crippen LogP contribution in [0, 0.1) is 6.92 Å². The maximum atomic E-state index is 12.3. The highest BCUT2D eigenvalue weighted by Gasteiger charge is 2.15. The number of nitrogens with zero attached hydrogens (tertiary/aromatic N) is 1. The quantitative estimate of drug-likeness (QED) is 0.736. The summed E-state index contributed by atoms with van der Waals surface area (Å²) in [6.45, 7) is 1.51. The van der Waals surface area contributed by atoms with Crippen molar-refractivity contribution in [1.82, 2.24) is 4.57 Å². The monoisotopic (exact) mass is 340 g/mol. The summed E-state index contributed by atoms with van der Waals surface area (Å²) >= 11 is 0. The zero-order valence-corrected chi connectivity index (χ0v) is 13.7. The lowest BCUT2D eigenvalue weighted by molar-refractivity contribution is -0.116. The van der Waals surface area contributed by atoms with E-state index in [0.717, 1.165) is 0 Å². The highest BCUT2D eigenvalue weighted by molar-refractivity contribution is 5.97. The average molecular weight is 340 g/mol. The van der Waals surface area contributed by atoms with Crippen LogP contribution in [0.25, 0.3) is 11.1 Å². The molecule has 0 saturated carbocycles. The first-order chi connectivity index (χ1) is 12.0. The number of aromatic nitrogens is 1. The maximum Gasteiger partial charge on any atom is 0.420 e. The van der Waals surface area contributed by atoms with Crippen molar-refractivity contribution in [1.29, 1.82) is 0 Å². The fraction of sp³-hybridized carbons (Fsp3) is 0.167. The molecule has 0 aliphatic carbocycles. The molecule has 0 unspecified atom stereocenters. The topological polar surface area (TPSA) is 90.5 Å². The van der Waals surface area contributed by atoms with Gasteiger partial charge in [0.2, 0.25) is 5.91 Å². The van der Waals surface area contributed by atoms with Crippen LogP contribution >= 0.6 is 0 Å². The zero-order valence-electron chi connectivity index (χ0n) is 13.7. The molecule has 0 spiro atoms. The number of methoxy groups -OCH3 is 1. The first kappa shape index (κ1) is 16.5. The Morgan fingerprint density at radius 3 is 2.68 bits per heavy atom. The summed E-state index contributed by atoms with van der Waals surface area (Å²) in [5, 5.41) is 2.71. The second kappa shape index (κ2) is 6.64. The van der Waals surface area contributed by atoms with Crippen molar-refractivity contribution in [2.24, 2.45) is 0 Å². The number of oxazole rings is 1. The predicted molar refractivity (Wildman–Crippen MR) is 91.6 cm³/mol. The van der Waals surface area contributed by atoms with Gasteiger partial charge in [0.15, 0.2) is 5.58 Å². The molecule has 128 valence electrons. The smallest absolute Gasteiger partial charge is 0.420 e. The molecule has 0 aliphatic heterocycles. The fourth-order valence-corrected chi connectivity index (χ4v) is 2.60. The molecule has 1 amide bonds. The Balaban J connectivity index is 1.85. The summed E-state index contributed by atoms with van der Waals surface area (Å²) in [4.78, 5) is 36.0. The number of carbonyl (C=O) groups is 2. The Morgan fingerprint density at radius 2 is 1.92 bits per heavy atom. The molecule has 1 heterocycles. The summed E-state index contributed by atoms with van der Waals surface area (Å²) in [7, 11) is 1.30. The number of anilines is 1. The number of para-hydroxylation sites is 2. The number of amides is 1. The van der Waals surface area contributed by atoms with Gasteiger partial charge in [-0.1, -0.05) is 18.2 Å². The Hall–Kier alpha value is -3.35. The minimum absolute atomic E-state index is 0.197. The minimum atomic E-state index is -0.601. The van der Waals surface area contributed by atoms with Crippen molar-refractivity contribution in [2.45, 2.75) is 13.5 Å². The number of rotatable bonds is 4. The number of esters is 1. The van der Waals surface area contributed by atoms with Gasteiger partial charge in [-0.25, -0.2) is 9.59 Å². The van der Waals surface area contributed by atoms with Crippen LogP contribution in [-0.2, 0) is 16.1 Å². The Bertz CT molecular complexity index is 1020. The lowest BCUT2D eigenvalue weighted by Gasteiger charge is -2.11. The predicted octanol–water partition coefficient (Wildman–Crippen LogP) is 2.33. The van der Waals surface area contributed by atoms with E-state index in [4.69, 9.17) is 9.15 Å². The first-order valence-corrected chi connectivity index (χ1v) is 7.57. The second-order valence-electron chi connectivity index (χ2n) is 5.44. The molecule has 3 aromatic rings. The second-order valence-corrected chi connectivity index (χ2v) is 5.44. The highest BCUT2D eigenvalue weighted by atomic mass is 16.5. The molecular formula is C18H16N2O5. The molecular weight excluding hydrogens is 324 g/mol. The van der Waals surface area contributed by atoms with E-state index in [0.29, 0.717) is 27.9 Å². The molecule has 2 aromatic carbocycles. The van der Waals surface area contributed by atoms with E-state index in [1.807, 2.05) is 0 Å². The van der Waals surface area contributed by atoms with Gasteiger partial charge >= 0.3 is 11.7 Å². The molecule has 1 aromatic heterocycles. The van der Waals surface area contributed by atoms with Crippen LogP contribution in [0.1, 0.15) is 15.9 Å². The van der Waals surface area contributed by atoms with Crippen LogP contribution in [0.15, 0.2) is 51.7 Å². The van der Waals surface area contributed by atoms with Crippen LogP contribution in [0.3, 0.4) is 0 Å². The average Bonchev–Trinajstić information content (AvgIpc) is 2.92. The van der Waals surface area contributed by atoms with Crippen LogP contribution < -0.4 is 11.1 Å². The lowest BCUT2D eigenvalue weighted by atomic mass is 10.1. The number of nitrogens with one attached hydrogen (secondary N) is 1. The molecule has 3 rings (SSSR count). The van der Waals surface area contributed by atoms with Crippen LogP contribution in [-0.4, -0.2) is 23.6 Å². The van der Waals surface area contributed by atoms with Crippen molar-refractivity contribution in [3.63, 3.8) is 0 Å². The molecule has 0 atom stereocenters. The van der Waals surface area contributed by atoms with E-state index in [1.54, 1.807) is 49.4 Å². The van der Waals surface area contributed by atoms with E-state index in [9.17, 15) is 14.4 Å². The van der Waals surface area contributed by atoms with Gasteiger partial charge in [-0.15, -0.1) is 0 Å². The minimum Gasteiger partial charge on any atom is -0.465 e. The number of benzene rings is 2. The third-order valence-corrected chi connectivity index (χ3v) is 3.89. The molecule has 0 aliphatic rings. The van der Waals surface area contributed by atoms with E-state index < -0.39 is 17.6 Å². The van der Waals surface area contributed by atoms with Gasteiger partial charge in [0.1, 0.15) is 6.54 Å². The highest BCUT2D eigenvalue weighted by Crippen LogP contribution is 2.20. The van der Waals surface area contributed by atoms with Gasteiger partial charge in [-0.2, -0.15) is 0 Å². The Morgan fingerprint density at radius 1 is 1.16 bits per heavy atom. The van der Waals surface area contributed by atoms with Crippen LogP contribution in [0.4, 0.5) is 5.69 Å². The van der Waals surface area contributed by atoms with Gasteiger partial charge in [-0.05, 0) is 36.8 Å². The largest absolute Gasteiger partial charge is 0.465 e. The van der Waals surface area contributed by atoms with E-state index >= 15 is 0 Å². The number of hydrogen-bond donors (Lipinski definition) is 1. The molecule has 1 N–H and O–H groups in total. The Labute approximate surface area is 142 Å². The van der Waals surface area contributed by atoms with E-state index in [2.05, 4.69) is 5.32 Å². The SMILES string of the molecule is COC(=O)c1cccc(NC(=O)Cn2c(=O)oc3ccccc32)c1C. The number of hydrogen-bond acceptors (Lipinski definition) is 5. The van der Waals surface area contributed by atoms with Crippen molar-refractivity contribution in [2.75, 3.05) is 12.4 Å². The summed E-state index contributed by atoms with van der Waals surface area (Å²) < 4.78 is 11.1. The number of fused-ring (bicyclic) bond motifs is 1. The number of ether oxygens (including phenoxy) is 1. The normalized spacial score (nSPS) is 10.6. The summed E-state index contributed by atoms with van der Waals surface area (Å²) in [5.41, 5.74) is 2.40. The van der Waals surface area contributed by atoms with E-state index in [1.165, 1.54) is 11.7 Å². The first-order valence-electron chi connectivity index (χ1n) is 7.57. The van der Waals surface area contributed by atoms with Crippen LogP contribution in [0.5, 0.6) is 0 Å². The summed E-state index contributed by atoms with van der Waals surface area (Å²) in [6.07, 6.45) is 0. The van der Waals surface area contributed by atoms with Gasteiger partial charge in [0.25, 0.3) is 0 Å². The van der Waals surface area contributed by atoms with Gasteiger partial charge in [0.05, 0.1) is 18.2 Å². The third-order valence-electron chi connectivity index (χ3n) is 3.89. The van der Waals surface area contributed by atoms with Crippen molar-refractivity contribution >= 4 is 28.7 Å².